The number of aryl methyl sites for hydroxylation is 1. The molecule has 0 radical (unpaired) electrons. The molecule has 150 valence electrons. The molecule has 1 atom stereocenters. The Hall–Kier alpha value is -3.60. The van der Waals surface area contributed by atoms with Gasteiger partial charge in [-0.3, -0.25) is 9.59 Å². The summed E-state index contributed by atoms with van der Waals surface area (Å²) in [5, 5.41) is 14.6. The zero-order valence-corrected chi connectivity index (χ0v) is 16.2. The summed E-state index contributed by atoms with van der Waals surface area (Å²) in [6.45, 7) is 2.95. The van der Waals surface area contributed by atoms with Crippen molar-refractivity contribution in [2.45, 2.75) is 32.2 Å². The second kappa shape index (κ2) is 8.19. The maximum atomic E-state index is 12.3. The molecule has 0 bridgehead atoms. The van der Waals surface area contributed by atoms with Gasteiger partial charge in [-0.25, -0.2) is 4.79 Å². The Balaban J connectivity index is 1.60. The van der Waals surface area contributed by atoms with Crippen molar-refractivity contribution in [3.8, 4) is 6.07 Å². The first-order valence-corrected chi connectivity index (χ1v) is 9.17. The van der Waals surface area contributed by atoms with Crippen molar-refractivity contribution >= 4 is 23.5 Å². The zero-order chi connectivity index (χ0) is 21.0. The van der Waals surface area contributed by atoms with Gasteiger partial charge in [-0.1, -0.05) is 6.07 Å². The number of nitrogens with one attached hydrogen (secondary N) is 2. The topological polar surface area (TPSA) is 121 Å². The molecule has 8 heteroatoms. The fraction of sp³-hybridized carbons (Fsp3) is 0.333. The smallest absolute Gasteiger partial charge is 0.338 e. The Labute approximate surface area is 167 Å². The first-order valence-electron chi connectivity index (χ1n) is 9.17. The van der Waals surface area contributed by atoms with Gasteiger partial charge in [0.2, 0.25) is 0 Å². The lowest BCUT2D eigenvalue weighted by atomic mass is 9.98. The highest BCUT2D eigenvalue weighted by Gasteiger charge is 2.43. The summed E-state index contributed by atoms with van der Waals surface area (Å²) >= 11 is 0. The van der Waals surface area contributed by atoms with E-state index in [1.807, 2.05) is 0 Å². The number of hydrogen-bond donors (Lipinski definition) is 2. The molecule has 1 saturated carbocycles. The molecule has 3 rings (SSSR count). The SMILES string of the molecule is Cc1ccc(C(=O)OCC(=O)N[C@@](C)(C#N)C2CC2)cc1NC(=O)c1ccco1. The van der Waals surface area contributed by atoms with Gasteiger partial charge in [0.05, 0.1) is 17.9 Å². The number of carbonyl (C=O) groups excluding carboxylic acids is 3. The van der Waals surface area contributed by atoms with Crippen LogP contribution in [0, 0.1) is 24.2 Å². The van der Waals surface area contributed by atoms with Crippen molar-refractivity contribution in [1.82, 2.24) is 5.32 Å². The number of rotatable bonds is 7. The summed E-state index contributed by atoms with van der Waals surface area (Å²) < 4.78 is 10.1. The van der Waals surface area contributed by atoms with Gasteiger partial charge in [0.25, 0.3) is 11.8 Å². The quantitative estimate of drug-likeness (QED) is 0.695. The first-order chi connectivity index (χ1) is 13.8. The zero-order valence-electron chi connectivity index (χ0n) is 16.2. The highest BCUT2D eigenvalue weighted by molar-refractivity contribution is 6.03. The van der Waals surface area contributed by atoms with Crippen LogP contribution < -0.4 is 10.6 Å². The number of amides is 2. The Bertz CT molecular complexity index is 973. The van der Waals surface area contributed by atoms with Gasteiger partial charge >= 0.3 is 5.97 Å². The van der Waals surface area contributed by atoms with Crippen molar-refractivity contribution in [1.29, 1.82) is 5.26 Å². The summed E-state index contributed by atoms with van der Waals surface area (Å²) in [4.78, 5) is 36.5. The van der Waals surface area contributed by atoms with Crippen LogP contribution in [0.15, 0.2) is 41.0 Å². The highest BCUT2D eigenvalue weighted by atomic mass is 16.5. The molecule has 1 aliphatic rings. The van der Waals surface area contributed by atoms with E-state index in [4.69, 9.17) is 9.15 Å². The number of nitriles is 1. The van der Waals surface area contributed by atoms with Crippen LogP contribution in [0.4, 0.5) is 5.69 Å². The van der Waals surface area contributed by atoms with Crippen LogP contribution in [0.1, 0.15) is 46.2 Å². The Morgan fingerprint density at radius 2 is 2.07 bits per heavy atom. The van der Waals surface area contributed by atoms with E-state index in [-0.39, 0.29) is 17.2 Å². The number of nitrogens with zero attached hydrogens (tertiary/aromatic N) is 1. The molecule has 0 aliphatic heterocycles. The van der Waals surface area contributed by atoms with E-state index >= 15 is 0 Å². The number of hydrogen-bond acceptors (Lipinski definition) is 6. The third kappa shape index (κ3) is 4.82. The summed E-state index contributed by atoms with van der Waals surface area (Å²) in [5.74, 6) is -1.42. The molecule has 2 N–H and O–H groups in total. The normalized spacial score (nSPS) is 14.9. The summed E-state index contributed by atoms with van der Waals surface area (Å²) in [7, 11) is 0. The van der Waals surface area contributed by atoms with Crippen LogP contribution in [0.2, 0.25) is 0 Å². The largest absolute Gasteiger partial charge is 0.459 e. The molecule has 1 aromatic carbocycles. The maximum Gasteiger partial charge on any atom is 0.338 e. The van der Waals surface area contributed by atoms with E-state index in [1.165, 1.54) is 18.4 Å². The number of furan rings is 1. The molecule has 0 unspecified atom stereocenters. The molecule has 1 heterocycles. The molecular formula is C21H21N3O5. The van der Waals surface area contributed by atoms with Crippen LogP contribution >= 0.6 is 0 Å². The minimum absolute atomic E-state index is 0.129. The predicted octanol–water partition coefficient (Wildman–Crippen LogP) is 2.81. The first kappa shape index (κ1) is 20.1. The lowest BCUT2D eigenvalue weighted by Gasteiger charge is -2.22. The van der Waals surface area contributed by atoms with E-state index in [0.717, 1.165) is 18.4 Å². The van der Waals surface area contributed by atoms with Crippen molar-refractivity contribution in [3.05, 3.63) is 53.5 Å². The van der Waals surface area contributed by atoms with Gasteiger partial charge in [-0.15, -0.1) is 0 Å². The minimum atomic E-state index is -0.948. The molecular weight excluding hydrogens is 374 g/mol. The van der Waals surface area contributed by atoms with Crippen LogP contribution in [-0.4, -0.2) is 29.9 Å². The van der Waals surface area contributed by atoms with Gasteiger partial charge in [0.1, 0.15) is 5.54 Å². The number of anilines is 1. The number of benzene rings is 1. The Kier molecular flexibility index (Phi) is 5.69. The van der Waals surface area contributed by atoms with E-state index in [1.54, 1.807) is 32.0 Å². The highest BCUT2D eigenvalue weighted by Crippen LogP contribution is 2.39. The molecule has 0 spiro atoms. The Morgan fingerprint density at radius 1 is 1.31 bits per heavy atom. The molecule has 1 aromatic heterocycles. The molecule has 1 fully saturated rings. The van der Waals surface area contributed by atoms with E-state index in [9.17, 15) is 19.6 Å². The van der Waals surface area contributed by atoms with Crippen molar-refractivity contribution in [2.75, 3.05) is 11.9 Å². The number of esters is 1. The van der Waals surface area contributed by atoms with E-state index < -0.39 is 29.9 Å². The fourth-order valence-electron chi connectivity index (χ4n) is 2.90. The van der Waals surface area contributed by atoms with E-state index in [2.05, 4.69) is 16.7 Å². The predicted molar refractivity (Wildman–Crippen MR) is 103 cm³/mol. The van der Waals surface area contributed by atoms with Gasteiger partial charge in [0, 0.05) is 5.69 Å². The molecule has 2 amide bonds. The molecule has 2 aromatic rings. The second-order valence-corrected chi connectivity index (χ2v) is 7.17. The average molecular weight is 395 g/mol. The van der Waals surface area contributed by atoms with Crippen LogP contribution in [0.3, 0.4) is 0 Å². The van der Waals surface area contributed by atoms with Crippen molar-refractivity contribution in [3.63, 3.8) is 0 Å². The summed E-state index contributed by atoms with van der Waals surface area (Å²) in [6.07, 6.45) is 3.17. The molecule has 1 aliphatic carbocycles. The average Bonchev–Trinajstić information content (AvgIpc) is 3.43. The third-order valence-electron chi connectivity index (χ3n) is 4.83. The van der Waals surface area contributed by atoms with Gasteiger partial charge < -0.3 is 19.8 Å². The number of carbonyl (C=O) groups is 3. The standard InChI is InChI=1S/C21H21N3O5/c1-13-5-6-14(10-16(13)23-19(26)17-4-3-9-28-17)20(27)29-11-18(25)24-21(2,12-22)15-7-8-15/h3-6,9-10,15H,7-8,11H2,1-2H3,(H,23,26)(H,24,25)/t21-/m0/s1. The summed E-state index contributed by atoms with van der Waals surface area (Å²) in [6, 6.07) is 9.91. The monoisotopic (exact) mass is 395 g/mol. The fourth-order valence-corrected chi connectivity index (χ4v) is 2.90. The second-order valence-electron chi connectivity index (χ2n) is 7.17. The summed E-state index contributed by atoms with van der Waals surface area (Å²) in [5.41, 5.74) is 0.407. The number of ether oxygens (including phenoxy) is 1. The van der Waals surface area contributed by atoms with Gasteiger partial charge in [0.15, 0.2) is 12.4 Å². The van der Waals surface area contributed by atoms with Crippen LogP contribution in [-0.2, 0) is 9.53 Å². The van der Waals surface area contributed by atoms with Crippen molar-refractivity contribution < 1.29 is 23.5 Å². The van der Waals surface area contributed by atoms with E-state index in [0.29, 0.717) is 5.69 Å². The lowest BCUT2D eigenvalue weighted by Crippen LogP contribution is -2.48. The lowest BCUT2D eigenvalue weighted by molar-refractivity contribution is -0.125. The van der Waals surface area contributed by atoms with Gasteiger partial charge in [-0.2, -0.15) is 5.26 Å². The third-order valence-corrected chi connectivity index (χ3v) is 4.83. The van der Waals surface area contributed by atoms with Crippen molar-refractivity contribution in [2.24, 2.45) is 5.92 Å². The van der Waals surface area contributed by atoms with Gasteiger partial charge in [-0.05, 0) is 62.4 Å². The molecule has 0 saturated heterocycles. The van der Waals surface area contributed by atoms with Crippen LogP contribution in [0.5, 0.6) is 0 Å². The minimum Gasteiger partial charge on any atom is -0.459 e. The van der Waals surface area contributed by atoms with Crippen LogP contribution in [0.25, 0.3) is 0 Å². The molecule has 29 heavy (non-hydrogen) atoms. The maximum absolute atomic E-state index is 12.3. The molecule has 8 nitrogen and oxygen atoms in total. The Morgan fingerprint density at radius 3 is 2.69 bits per heavy atom.